The summed E-state index contributed by atoms with van der Waals surface area (Å²) >= 11 is 0. The van der Waals surface area contributed by atoms with E-state index in [1.54, 1.807) is 0 Å². The number of benzene rings is 2. The molecule has 0 saturated heterocycles. The molecule has 0 N–H and O–H groups in total. The van der Waals surface area contributed by atoms with Crippen LogP contribution < -0.4 is 0 Å². The number of rotatable bonds is 4. The van der Waals surface area contributed by atoms with Gasteiger partial charge in [0.1, 0.15) is 6.17 Å². The Morgan fingerprint density at radius 2 is 1.36 bits per heavy atom. The van der Waals surface area contributed by atoms with E-state index in [0.29, 0.717) is 0 Å². The molecule has 0 spiro atoms. The molecule has 0 amide bonds. The second kappa shape index (κ2) is 5.30. The van der Waals surface area contributed by atoms with Crippen molar-refractivity contribution in [2.24, 2.45) is 0 Å². The smallest absolute Gasteiger partial charge is 0.113 e. The number of imidazole rings is 2. The van der Waals surface area contributed by atoms with Gasteiger partial charge < -0.3 is 9.13 Å². The Morgan fingerprint density at radius 3 is 1.86 bits per heavy atom. The number of hydrogen-bond donors (Lipinski definition) is 0. The minimum absolute atomic E-state index is 0.143. The molecule has 0 aliphatic heterocycles. The zero-order chi connectivity index (χ0) is 14.9. The molecule has 0 unspecified atom stereocenters. The molecule has 0 saturated carbocycles. The van der Waals surface area contributed by atoms with Gasteiger partial charge in [0.05, 0.1) is 34.7 Å². The van der Waals surface area contributed by atoms with Gasteiger partial charge in [-0.1, -0.05) is 31.2 Å². The largest absolute Gasteiger partial charge is 0.309 e. The Labute approximate surface area is 129 Å². The van der Waals surface area contributed by atoms with Crippen molar-refractivity contribution in [2.45, 2.75) is 19.5 Å². The molecule has 109 valence electrons. The number of aromatic nitrogens is 4. The molecule has 0 fully saturated rings. The topological polar surface area (TPSA) is 35.6 Å². The van der Waals surface area contributed by atoms with Crippen molar-refractivity contribution in [1.82, 2.24) is 19.1 Å². The molecule has 4 rings (SSSR count). The minimum atomic E-state index is 0.143. The van der Waals surface area contributed by atoms with Gasteiger partial charge in [-0.2, -0.15) is 0 Å². The molecule has 4 nitrogen and oxygen atoms in total. The molecule has 0 aliphatic carbocycles. The van der Waals surface area contributed by atoms with E-state index in [9.17, 15) is 0 Å². The zero-order valence-corrected chi connectivity index (χ0v) is 12.4. The predicted molar refractivity (Wildman–Crippen MR) is 88.5 cm³/mol. The molecule has 0 bridgehead atoms. The van der Waals surface area contributed by atoms with Crippen molar-refractivity contribution in [3.63, 3.8) is 0 Å². The van der Waals surface area contributed by atoms with Crippen LogP contribution in [0.4, 0.5) is 0 Å². The van der Waals surface area contributed by atoms with Gasteiger partial charge in [0.2, 0.25) is 0 Å². The molecular weight excluding hydrogens is 272 g/mol. The fourth-order valence-corrected chi connectivity index (χ4v) is 3.00. The number of para-hydroxylation sites is 4. The lowest BCUT2D eigenvalue weighted by Crippen LogP contribution is -2.16. The highest BCUT2D eigenvalue weighted by Crippen LogP contribution is 2.26. The third kappa shape index (κ3) is 1.99. The monoisotopic (exact) mass is 289 g/mol. The molecule has 4 heteroatoms. The fraction of sp³-hybridized carbons (Fsp3) is 0.167. The van der Waals surface area contributed by atoms with Crippen LogP contribution in [0, 0.1) is 6.42 Å². The molecule has 22 heavy (non-hydrogen) atoms. The minimum Gasteiger partial charge on any atom is -0.309 e. The summed E-state index contributed by atoms with van der Waals surface area (Å²) in [6.07, 6.45) is 7.10. The Morgan fingerprint density at radius 1 is 0.864 bits per heavy atom. The Balaban J connectivity index is 1.91. The molecule has 2 aromatic carbocycles. The quantitative estimate of drug-likeness (QED) is 0.568. The van der Waals surface area contributed by atoms with Crippen molar-refractivity contribution < 1.29 is 0 Å². The molecule has 1 radical (unpaired) electrons. The molecule has 2 heterocycles. The molecular formula is C18H17N4. The van der Waals surface area contributed by atoms with Crippen LogP contribution in [0.5, 0.6) is 0 Å². The second-order valence-electron chi connectivity index (χ2n) is 5.41. The van der Waals surface area contributed by atoms with Crippen LogP contribution in [0.3, 0.4) is 0 Å². The third-order valence-electron chi connectivity index (χ3n) is 4.05. The summed E-state index contributed by atoms with van der Waals surface area (Å²) in [5, 5.41) is 0. The van der Waals surface area contributed by atoms with Gasteiger partial charge in [0, 0.05) is 0 Å². The van der Waals surface area contributed by atoms with Gasteiger partial charge in [-0.05, 0) is 37.1 Å². The summed E-state index contributed by atoms with van der Waals surface area (Å²) in [5.41, 5.74) is 4.33. The van der Waals surface area contributed by atoms with E-state index in [1.165, 1.54) is 0 Å². The van der Waals surface area contributed by atoms with Crippen molar-refractivity contribution in [2.75, 3.05) is 0 Å². The maximum Gasteiger partial charge on any atom is 0.113 e. The van der Waals surface area contributed by atoms with Gasteiger partial charge in [-0.3, -0.25) is 0 Å². The summed E-state index contributed by atoms with van der Waals surface area (Å²) in [5.74, 6) is 0. The first-order valence-electron chi connectivity index (χ1n) is 7.49. The van der Waals surface area contributed by atoms with E-state index >= 15 is 0 Å². The van der Waals surface area contributed by atoms with Gasteiger partial charge in [0.25, 0.3) is 0 Å². The normalized spacial score (nSPS) is 11.7. The van der Waals surface area contributed by atoms with Crippen LogP contribution in [0.15, 0.2) is 61.2 Å². The highest BCUT2D eigenvalue weighted by molar-refractivity contribution is 5.77. The number of hydrogen-bond acceptors (Lipinski definition) is 2. The molecule has 0 aliphatic rings. The van der Waals surface area contributed by atoms with Gasteiger partial charge in [0.15, 0.2) is 0 Å². The highest BCUT2D eigenvalue weighted by atomic mass is 15.2. The van der Waals surface area contributed by atoms with Crippen LogP contribution in [0.25, 0.3) is 22.1 Å². The standard InChI is InChI=1S/C18H17N4/c1-2-7-18(21-12-19-14-8-3-5-10-16(14)21)22-13-20-15-9-4-6-11-17(15)22/h2-6,8-13,18H,7H2,1H3. The van der Waals surface area contributed by atoms with Crippen molar-refractivity contribution in [3.05, 3.63) is 67.6 Å². The summed E-state index contributed by atoms with van der Waals surface area (Å²) in [4.78, 5) is 9.05. The van der Waals surface area contributed by atoms with Gasteiger partial charge >= 0.3 is 0 Å². The van der Waals surface area contributed by atoms with Crippen molar-refractivity contribution in [3.8, 4) is 0 Å². The van der Waals surface area contributed by atoms with E-state index in [-0.39, 0.29) is 6.17 Å². The lowest BCUT2D eigenvalue weighted by atomic mass is 10.2. The van der Waals surface area contributed by atoms with E-state index in [0.717, 1.165) is 28.5 Å². The summed E-state index contributed by atoms with van der Waals surface area (Å²) in [7, 11) is 0. The van der Waals surface area contributed by atoms with Crippen LogP contribution in [-0.2, 0) is 0 Å². The van der Waals surface area contributed by atoms with Crippen LogP contribution >= 0.6 is 0 Å². The Hall–Kier alpha value is -2.62. The lowest BCUT2D eigenvalue weighted by Gasteiger charge is -2.21. The maximum atomic E-state index is 4.53. The van der Waals surface area contributed by atoms with E-state index in [4.69, 9.17) is 0 Å². The van der Waals surface area contributed by atoms with Gasteiger partial charge in [-0.25, -0.2) is 9.97 Å². The zero-order valence-electron chi connectivity index (χ0n) is 12.4. The number of fused-ring (bicyclic) bond motifs is 2. The van der Waals surface area contributed by atoms with E-state index < -0.39 is 0 Å². The first-order chi connectivity index (χ1) is 10.9. The summed E-state index contributed by atoms with van der Waals surface area (Å²) in [6, 6.07) is 16.5. The Kier molecular flexibility index (Phi) is 3.15. The summed E-state index contributed by atoms with van der Waals surface area (Å²) in [6.45, 7) is 2.09. The van der Waals surface area contributed by atoms with E-state index in [1.807, 2.05) is 36.9 Å². The first kappa shape index (κ1) is 13.1. The highest BCUT2D eigenvalue weighted by Gasteiger charge is 2.17. The number of nitrogens with zero attached hydrogens (tertiary/aromatic N) is 4. The van der Waals surface area contributed by atoms with Gasteiger partial charge in [-0.15, -0.1) is 0 Å². The average molecular weight is 289 g/mol. The SMILES string of the molecule is C[CH]CC(n1cnc2ccccc21)n1cnc2ccccc21. The fourth-order valence-electron chi connectivity index (χ4n) is 3.00. The summed E-state index contributed by atoms with van der Waals surface area (Å²) < 4.78 is 4.45. The van der Waals surface area contributed by atoms with E-state index in [2.05, 4.69) is 56.7 Å². The average Bonchev–Trinajstić information content (AvgIpc) is 3.17. The maximum absolute atomic E-state index is 4.53. The third-order valence-corrected chi connectivity index (χ3v) is 4.05. The molecule has 4 aromatic rings. The second-order valence-corrected chi connectivity index (χ2v) is 5.41. The van der Waals surface area contributed by atoms with Crippen molar-refractivity contribution >= 4 is 22.1 Å². The molecule has 2 aromatic heterocycles. The van der Waals surface area contributed by atoms with Crippen LogP contribution in [0.2, 0.25) is 0 Å². The molecule has 0 atom stereocenters. The lowest BCUT2D eigenvalue weighted by molar-refractivity contribution is 0.444. The predicted octanol–water partition coefficient (Wildman–Crippen LogP) is 4.05. The van der Waals surface area contributed by atoms with Crippen LogP contribution in [-0.4, -0.2) is 19.1 Å². The Bertz CT molecular complexity index is 845. The first-order valence-corrected chi connectivity index (χ1v) is 7.49. The van der Waals surface area contributed by atoms with Crippen molar-refractivity contribution in [1.29, 1.82) is 0 Å². The van der Waals surface area contributed by atoms with Crippen LogP contribution in [0.1, 0.15) is 19.5 Å².